The van der Waals surface area contributed by atoms with Crippen molar-refractivity contribution >= 4 is 28.9 Å². The van der Waals surface area contributed by atoms with Gasteiger partial charge in [0.2, 0.25) is 0 Å². The van der Waals surface area contributed by atoms with Crippen LogP contribution < -0.4 is 0 Å². The number of hydrogen-bond donors (Lipinski definition) is 1. The molecular weight excluding hydrogens is 286 g/mol. The van der Waals surface area contributed by atoms with Crippen molar-refractivity contribution in [2.24, 2.45) is 0 Å². The van der Waals surface area contributed by atoms with E-state index in [0.717, 1.165) is 22.5 Å². The number of carboxylic acids is 1. The van der Waals surface area contributed by atoms with Gasteiger partial charge in [-0.25, -0.2) is 9.78 Å². The summed E-state index contributed by atoms with van der Waals surface area (Å²) in [7, 11) is 1.51. The maximum absolute atomic E-state index is 11.2. The zero-order valence-corrected chi connectivity index (χ0v) is 12.0. The maximum Gasteiger partial charge on any atom is 0.347 e. The van der Waals surface area contributed by atoms with E-state index >= 15 is 0 Å². The Morgan fingerprint density at radius 1 is 1.53 bits per heavy atom. The Bertz CT molecular complexity index is 624. The number of benzene rings is 1. The van der Waals surface area contributed by atoms with E-state index in [1.807, 2.05) is 19.1 Å². The number of aryl methyl sites for hydroxylation is 1. The topological polar surface area (TPSA) is 59.4 Å². The molecule has 2 rings (SSSR count). The van der Waals surface area contributed by atoms with Crippen LogP contribution in [-0.2, 0) is 11.3 Å². The molecule has 0 aliphatic rings. The molecule has 0 amide bonds. The zero-order valence-electron chi connectivity index (χ0n) is 10.4. The largest absolute Gasteiger partial charge is 0.477 e. The van der Waals surface area contributed by atoms with E-state index in [9.17, 15) is 4.79 Å². The molecular formula is C13H12ClNO3S. The number of ether oxygens (including phenoxy) is 1. The van der Waals surface area contributed by atoms with Gasteiger partial charge >= 0.3 is 5.97 Å². The fourth-order valence-corrected chi connectivity index (χ4v) is 2.96. The molecule has 1 aromatic carbocycles. The molecule has 0 spiro atoms. The highest BCUT2D eigenvalue weighted by molar-refractivity contribution is 7.17. The van der Waals surface area contributed by atoms with Crippen molar-refractivity contribution in [1.29, 1.82) is 0 Å². The summed E-state index contributed by atoms with van der Waals surface area (Å²) in [6.45, 7) is 2.10. The van der Waals surface area contributed by atoms with Crippen molar-refractivity contribution in [1.82, 2.24) is 4.98 Å². The van der Waals surface area contributed by atoms with E-state index in [1.54, 1.807) is 6.07 Å². The van der Waals surface area contributed by atoms with Gasteiger partial charge in [-0.15, -0.1) is 11.3 Å². The summed E-state index contributed by atoms with van der Waals surface area (Å²) in [5.41, 5.74) is 2.30. The van der Waals surface area contributed by atoms with Gasteiger partial charge in [0, 0.05) is 17.7 Å². The van der Waals surface area contributed by atoms with Crippen LogP contribution in [0.5, 0.6) is 0 Å². The molecule has 0 radical (unpaired) electrons. The molecule has 1 N–H and O–H groups in total. The highest BCUT2D eigenvalue weighted by atomic mass is 35.5. The van der Waals surface area contributed by atoms with E-state index in [0.29, 0.717) is 15.7 Å². The van der Waals surface area contributed by atoms with E-state index in [4.69, 9.17) is 21.4 Å². The summed E-state index contributed by atoms with van der Waals surface area (Å²) in [4.78, 5) is 15.7. The molecule has 0 fully saturated rings. The molecule has 1 heterocycles. The SMILES string of the molecule is COCc1nc(-c2ccc(Cl)cc2C)sc1C(=O)O. The Morgan fingerprint density at radius 3 is 2.84 bits per heavy atom. The number of rotatable bonds is 4. The molecule has 1 aromatic heterocycles. The van der Waals surface area contributed by atoms with Crippen LogP contribution >= 0.6 is 22.9 Å². The second-order valence-corrected chi connectivity index (χ2v) is 5.43. The summed E-state index contributed by atoms with van der Waals surface area (Å²) < 4.78 is 4.98. The van der Waals surface area contributed by atoms with Gasteiger partial charge in [-0.3, -0.25) is 0 Å². The number of nitrogens with zero attached hydrogens (tertiary/aromatic N) is 1. The van der Waals surface area contributed by atoms with Crippen molar-refractivity contribution in [3.63, 3.8) is 0 Å². The molecule has 0 unspecified atom stereocenters. The van der Waals surface area contributed by atoms with Crippen molar-refractivity contribution < 1.29 is 14.6 Å². The maximum atomic E-state index is 11.2. The lowest BCUT2D eigenvalue weighted by molar-refractivity contribution is 0.0697. The number of aromatic nitrogens is 1. The summed E-state index contributed by atoms with van der Waals surface area (Å²) in [5.74, 6) is -0.984. The Kier molecular flexibility index (Phi) is 4.19. The van der Waals surface area contributed by atoms with Crippen molar-refractivity contribution in [3.8, 4) is 10.6 Å². The van der Waals surface area contributed by atoms with Crippen LogP contribution in [0.1, 0.15) is 20.9 Å². The van der Waals surface area contributed by atoms with Gasteiger partial charge in [0.15, 0.2) is 0 Å². The number of halogens is 1. The minimum absolute atomic E-state index is 0.185. The third-order valence-corrected chi connectivity index (χ3v) is 3.95. The monoisotopic (exact) mass is 297 g/mol. The minimum atomic E-state index is -0.984. The van der Waals surface area contributed by atoms with Crippen LogP contribution in [-0.4, -0.2) is 23.2 Å². The first kappa shape index (κ1) is 14.0. The van der Waals surface area contributed by atoms with Gasteiger partial charge in [-0.2, -0.15) is 0 Å². The Morgan fingerprint density at radius 2 is 2.26 bits per heavy atom. The molecule has 0 aliphatic heterocycles. The molecule has 6 heteroatoms. The average Bonchev–Trinajstić information content (AvgIpc) is 2.73. The number of carbonyl (C=O) groups is 1. The first-order chi connectivity index (χ1) is 9.02. The standard InChI is InChI=1S/C13H12ClNO3S/c1-7-5-8(14)3-4-9(7)12-15-10(6-18-2)11(19-12)13(16)17/h3-5H,6H2,1-2H3,(H,16,17). The summed E-state index contributed by atoms with van der Waals surface area (Å²) in [5, 5.41) is 10.5. The third kappa shape index (κ3) is 2.94. The van der Waals surface area contributed by atoms with Gasteiger partial charge in [0.05, 0.1) is 12.3 Å². The predicted molar refractivity (Wildman–Crippen MR) is 75.0 cm³/mol. The van der Waals surface area contributed by atoms with E-state index < -0.39 is 5.97 Å². The van der Waals surface area contributed by atoms with Gasteiger partial charge < -0.3 is 9.84 Å². The predicted octanol–water partition coefficient (Wildman–Crippen LogP) is 3.62. The number of carboxylic acid groups (broad SMARTS) is 1. The quantitative estimate of drug-likeness (QED) is 0.936. The van der Waals surface area contributed by atoms with Crippen LogP contribution in [0.15, 0.2) is 18.2 Å². The van der Waals surface area contributed by atoms with Gasteiger partial charge in [0.1, 0.15) is 9.88 Å². The van der Waals surface area contributed by atoms with E-state index in [2.05, 4.69) is 4.98 Å². The molecule has 0 saturated heterocycles. The lowest BCUT2D eigenvalue weighted by Gasteiger charge is -2.02. The lowest BCUT2D eigenvalue weighted by Crippen LogP contribution is -1.99. The molecule has 0 saturated carbocycles. The zero-order chi connectivity index (χ0) is 14.0. The summed E-state index contributed by atoms with van der Waals surface area (Å²) >= 11 is 7.06. The fraction of sp³-hybridized carbons (Fsp3) is 0.231. The van der Waals surface area contributed by atoms with Crippen LogP contribution in [0.2, 0.25) is 5.02 Å². The first-order valence-corrected chi connectivity index (χ1v) is 6.71. The van der Waals surface area contributed by atoms with E-state index in [1.165, 1.54) is 7.11 Å². The van der Waals surface area contributed by atoms with Crippen molar-refractivity contribution in [2.75, 3.05) is 7.11 Å². The second kappa shape index (κ2) is 5.69. The Labute approximate surface area is 119 Å². The number of hydrogen-bond acceptors (Lipinski definition) is 4. The summed E-state index contributed by atoms with van der Waals surface area (Å²) in [6.07, 6.45) is 0. The molecule has 100 valence electrons. The van der Waals surface area contributed by atoms with Gasteiger partial charge in [-0.05, 0) is 24.6 Å². The Balaban J connectivity index is 2.50. The molecule has 2 aromatic rings. The van der Waals surface area contributed by atoms with Crippen LogP contribution in [0.25, 0.3) is 10.6 Å². The van der Waals surface area contributed by atoms with Crippen molar-refractivity contribution in [3.05, 3.63) is 39.4 Å². The smallest absolute Gasteiger partial charge is 0.347 e. The highest BCUT2D eigenvalue weighted by Crippen LogP contribution is 2.32. The molecule has 4 nitrogen and oxygen atoms in total. The molecule has 19 heavy (non-hydrogen) atoms. The number of methoxy groups -OCH3 is 1. The Hall–Kier alpha value is -1.43. The summed E-state index contributed by atoms with van der Waals surface area (Å²) in [6, 6.07) is 5.44. The van der Waals surface area contributed by atoms with E-state index in [-0.39, 0.29) is 11.5 Å². The first-order valence-electron chi connectivity index (χ1n) is 5.51. The minimum Gasteiger partial charge on any atom is -0.477 e. The van der Waals surface area contributed by atoms with Gasteiger partial charge in [0.25, 0.3) is 0 Å². The second-order valence-electron chi connectivity index (χ2n) is 3.99. The highest BCUT2D eigenvalue weighted by Gasteiger charge is 2.18. The fourth-order valence-electron chi connectivity index (χ4n) is 1.74. The third-order valence-electron chi connectivity index (χ3n) is 2.59. The molecule has 0 bridgehead atoms. The molecule has 0 aliphatic carbocycles. The number of thiazole rings is 1. The normalized spacial score (nSPS) is 10.7. The van der Waals surface area contributed by atoms with Crippen LogP contribution in [0, 0.1) is 6.92 Å². The number of aromatic carboxylic acids is 1. The average molecular weight is 298 g/mol. The van der Waals surface area contributed by atoms with Crippen LogP contribution in [0.4, 0.5) is 0 Å². The molecule has 0 atom stereocenters. The van der Waals surface area contributed by atoms with Gasteiger partial charge in [-0.1, -0.05) is 17.7 Å². The lowest BCUT2D eigenvalue weighted by atomic mass is 10.1. The van der Waals surface area contributed by atoms with Crippen molar-refractivity contribution in [2.45, 2.75) is 13.5 Å². The van der Waals surface area contributed by atoms with Crippen LogP contribution in [0.3, 0.4) is 0 Å².